The first-order valence-electron chi connectivity index (χ1n) is 47.7. The predicted molar refractivity (Wildman–Crippen MR) is 557 cm³/mol. The van der Waals surface area contributed by atoms with Crippen LogP contribution in [0.1, 0.15) is 151 Å². The predicted octanol–water partition coefficient (Wildman–Crippen LogP) is 17.7. The fourth-order valence-electron chi connectivity index (χ4n) is 17.1. The summed E-state index contributed by atoms with van der Waals surface area (Å²) in [6.07, 6.45) is 9.34. The zero-order valence-corrected chi connectivity index (χ0v) is 84.6. The molecule has 2 aliphatic rings. The Morgan fingerprint density at radius 3 is 1.16 bits per heavy atom. The van der Waals surface area contributed by atoms with Crippen molar-refractivity contribution in [3.63, 3.8) is 0 Å². The van der Waals surface area contributed by atoms with E-state index in [0.717, 1.165) is 155 Å². The highest BCUT2D eigenvalue weighted by Crippen LogP contribution is 2.51. The summed E-state index contributed by atoms with van der Waals surface area (Å²) in [6, 6.07) is 75.0. The van der Waals surface area contributed by atoms with Gasteiger partial charge in [-0.1, -0.05) is 207 Å². The van der Waals surface area contributed by atoms with Crippen molar-refractivity contribution in [3.8, 4) is 33.6 Å². The molecule has 0 aliphatic carbocycles. The Morgan fingerprint density at radius 2 is 0.822 bits per heavy atom. The molecule has 31 nitrogen and oxygen atoms in total. The highest BCUT2D eigenvalue weighted by molar-refractivity contribution is 7.52. The molecule has 2 saturated heterocycles. The second-order valence-corrected chi connectivity index (χ2v) is 38.2. The number of nitrogens with zero attached hydrogens (tertiary/aromatic N) is 20. The average Bonchev–Trinajstić information content (AvgIpc) is 0.867. The lowest BCUT2D eigenvalue weighted by molar-refractivity contribution is -0.207. The van der Waals surface area contributed by atoms with Gasteiger partial charge in [-0.2, -0.15) is 27.8 Å². The Morgan fingerprint density at radius 1 is 0.473 bits per heavy atom. The van der Waals surface area contributed by atoms with Crippen LogP contribution < -0.4 is 31.8 Å². The highest BCUT2D eigenvalue weighted by atomic mass is 31.2. The molecule has 0 saturated carbocycles. The molecule has 146 heavy (non-hydrogen) atoms. The zero-order chi connectivity index (χ0) is 104. The smallest absolute Gasteiger partial charge is 0.350 e. The van der Waals surface area contributed by atoms with Crippen LogP contribution >= 0.6 is 17.0 Å². The molecule has 0 spiro atoms. The van der Waals surface area contributed by atoms with Gasteiger partial charge in [-0.3, -0.25) is 19.2 Å². The molecule has 0 bridgehead atoms. The molecule has 3 unspecified atom stereocenters. The Labute approximate surface area is 848 Å². The summed E-state index contributed by atoms with van der Waals surface area (Å²) in [5.41, 5.74) is 6.20. The number of rotatable bonds is 33. The molecule has 17 rings (SSSR count). The van der Waals surface area contributed by atoms with E-state index >= 15 is 17.6 Å². The summed E-state index contributed by atoms with van der Waals surface area (Å²) in [6.45, 7) is 20.9. The second-order valence-electron chi connectivity index (χ2n) is 35.6. The zero-order valence-electron chi connectivity index (χ0n) is 82.5. The summed E-state index contributed by atoms with van der Waals surface area (Å²) in [5, 5.41) is 79.8. The van der Waals surface area contributed by atoms with E-state index in [0.29, 0.717) is 53.3 Å². The number of piperidine rings is 1. The van der Waals surface area contributed by atoms with Gasteiger partial charge in [0.15, 0.2) is 11.2 Å². The molecule has 0 amide bonds. The van der Waals surface area contributed by atoms with Crippen molar-refractivity contribution >= 4 is 34.0 Å². The monoisotopic (exact) mass is 2040 g/mol. The maximum atomic E-state index is 16.2. The molecule has 6 aromatic heterocycles. The van der Waals surface area contributed by atoms with Crippen LogP contribution in [0.3, 0.4) is 0 Å². The van der Waals surface area contributed by atoms with Gasteiger partial charge in [0.2, 0.25) is 0 Å². The molecule has 7 N–H and O–H groups in total. The molecule has 15 aromatic rings. The van der Waals surface area contributed by atoms with Crippen molar-refractivity contribution in [2.24, 2.45) is 5.73 Å². The lowest BCUT2D eigenvalue weighted by Gasteiger charge is -2.37. The van der Waals surface area contributed by atoms with Gasteiger partial charge in [-0.05, 0) is 219 Å². The van der Waals surface area contributed by atoms with Crippen molar-refractivity contribution in [2.75, 3.05) is 67.7 Å². The van der Waals surface area contributed by atoms with Gasteiger partial charge >= 0.3 is 30.8 Å². The molecule has 774 valence electrons. The van der Waals surface area contributed by atoms with E-state index in [-0.39, 0.29) is 38.6 Å². The highest BCUT2D eigenvalue weighted by Gasteiger charge is 2.59. The fraction of sp³-hybridized carbons (Fsp3) is 0.346. The first-order valence-corrected chi connectivity index (χ1v) is 50.3. The Hall–Kier alpha value is -13.4. The first kappa shape index (κ1) is 113. The van der Waals surface area contributed by atoms with Crippen LogP contribution in [0.25, 0.3) is 33.6 Å². The van der Waals surface area contributed by atoms with Crippen molar-refractivity contribution in [2.45, 2.75) is 187 Å². The molecule has 2 fully saturated rings. The van der Waals surface area contributed by atoms with Gasteiger partial charge < -0.3 is 55.0 Å². The van der Waals surface area contributed by atoms with E-state index < -0.39 is 102 Å². The van der Waals surface area contributed by atoms with Crippen LogP contribution in [0, 0.1) is 11.6 Å². The number of pyridine rings is 2. The van der Waals surface area contributed by atoms with Gasteiger partial charge in [0.25, 0.3) is 0 Å². The van der Waals surface area contributed by atoms with Crippen molar-refractivity contribution in [1.82, 2.24) is 83.7 Å². The number of benzene rings is 9. The summed E-state index contributed by atoms with van der Waals surface area (Å²) >= 11 is 0. The van der Waals surface area contributed by atoms with Gasteiger partial charge in [-0.15, -0.1) is 10.2 Å². The molecule has 9 aromatic carbocycles. The SMILES string of the molecule is C.CC(C)N(P)C(C)C.CC[C@@H]([C@H](C)O)n1ncn(-c2ccc(N3CCN(c4ccc(-c5ccc(C(F)(F)C(O)(Cn6cnnn6)c6ccccc6F)nc5)cc4)CC3)cc2)c1=O.CC[C@@H]([C@H](C)OP(C)(=O)OCc1ccccc1)n1ncn(-c2ccc(C3CCN(c4ccc(-c5ccc(C(F)(F)[C@](O)(Cn6cnnn6)c6ccccc6F)nc5)cc4)CC3)cc2)c1=O.CN.OCc1ccccc1.OCc1ccccc1. The van der Waals surface area contributed by atoms with E-state index in [4.69, 9.17) is 19.3 Å². The summed E-state index contributed by atoms with van der Waals surface area (Å²) in [5.74, 6) is -9.76. The van der Waals surface area contributed by atoms with Gasteiger partial charge in [0, 0.05) is 110 Å². The number of piperazine rings is 1. The van der Waals surface area contributed by atoms with Crippen molar-refractivity contribution in [3.05, 3.63) is 376 Å². The van der Waals surface area contributed by atoms with Crippen molar-refractivity contribution < 1.29 is 65.5 Å². The molecule has 0 radical (unpaired) electrons. The number of tetrazole rings is 2. The average molecular weight is 2050 g/mol. The summed E-state index contributed by atoms with van der Waals surface area (Å²) in [7, 11) is 0.783. The van der Waals surface area contributed by atoms with Crippen LogP contribution in [0.4, 0.5) is 43.4 Å². The topological polar surface area (TPSA) is 368 Å². The standard InChI is InChI=1S/C47H49F3N9O5P.C38H39F3N10O3.2C7H8O.C6H16NP.CH5N.CH4/c1-4-43(33(2)64-65(3,62)63-29-34-10-6-5-7-11-34)59-45(60)58(32-53-59)40-21-16-35(17-22-40)37-24-26-56(27-25-37)39-19-14-36(15-20-39)38-18-23-44(51-28-38)47(49,50)46(61,30-57-31-52-54-55-57)41-12-8-9-13-42(41)48;1-3-34(26(2)52)51-36(53)50(25-44-51)31-15-13-30(14-16-31)48-20-18-47(19-21-48)29-11-8-27(9-12-29)28-10-17-35(42-22-28)38(40,41)37(54,23-49-24-43-45-46-49)32-6-4-5-7-33(32)39;2*8-6-7-4-2-1-3-5-7;1-5(2)7(8)6(3)4;1-2;/h5-23,28,31-33,37,43,61H,4,24-27,29-30H2,1-3H3;4-17,22,24-26,34,52,54H,3,18-21,23H2,1-2H3;2*1-5,8H,6H2;5-6H,8H2,1-4H3;2H2,1H3;1H4/t33-,43-,46-,65?;26-,34-,37?;;;;;/m00...../s1. The molecular formula is C107H129F6N21O10P2. The van der Waals surface area contributed by atoms with Crippen LogP contribution in [0.2, 0.25) is 0 Å². The van der Waals surface area contributed by atoms with Crippen LogP contribution in [0.15, 0.2) is 308 Å². The largest absolute Gasteiger partial charge is 0.392 e. The minimum absolute atomic E-state index is 0. The Bertz CT molecular complexity index is 6570. The van der Waals surface area contributed by atoms with Crippen molar-refractivity contribution in [1.29, 1.82) is 0 Å². The van der Waals surface area contributed by atoms with Gasteiger partial charge in [0.1, 0.15) is 48.3 Å². The number of nitrogens with two attached hydrogens (primary N) is 1. The number of hydrogen-bond donors (Lipinski definition) is 6. The molecule has 8 heterocycles. The number of anilines is 3. The third kappa shape index (κ3) is 28.1. The second kappa shape index (κ2) is 52.6. The number of aliphatic hydroxyl groups is 5. The third-order valence-electron chi connectivity index (χ3n) is 25.3. The fourth-order valence-corrected chi connectivity index (χ4v) is 18.3. The van der Waals surface area contributed by atoms with Crippen LogP contribution in [-0.2, 0) is 69.6 Å². The van der Waals surface area contributed by atoms with E-state index in [1.807, 2.05) is 190 Å². The Kier molecular flexibility index (Phi) is 40.7. The first-order chi connectivity index (χ1) is 69.7. The lowest BCUT2D eigenvalue weighted by Crippen LogP contribution is -2.48. The Balaban J connectivity index is 0.000000223. The minimum Gasteiger partial charge on any atom is -0.392 e. The number of alkyl halides is 4. The molecular weight excluding hydrogens is 1920 g/mol. The molecule has 2 aliphatic heterocycles. The van der Waals surface area contributed by atoms with E-state index in [1.165, 1.54) is 99.2 Å². The maximum Gasteiger partial charge on any atom is 0.350 e. The number of aliphatic hydroxyl groups excluding tert-OH is 3. The van der Waals surface area contributed by atoms with Crippen LogP contribution in [0.5, 0.6) is 0 Å². The summed E-state index contributed by atoms with van der Waals surface area (Å²) in [4.78, 5) is 41.6. The number of hydrogen-bond acceptors (Lipinski definition) is 25. The molecule has 39 heteroatoms. The van der Waals surface area contributed by atoms with E-state index in [1.54, 1.807) is 13.8 Å². The van der Waals surface area contributed by atoms with E-state index in [9.17, 15) is 38.3 Å². The van der Waals surface area contributed by atoms with Gasteiger partial charge in [0.05, 0.1) is 68.6 Å². The normalized spacial score (nSPS) is 14.9. The molecule has 8 atom stereocenters. The minimum atomic E-state index is -4.04. The van der Waals surface area contributed by atoms with Gasteiger partial charge in [-0.25, -0.2) is 46.2 Å². The lowest BCUT2D eigenvalue weighted by atomic mass is 9.84. The summed E-state index contributed by atoms with van der Waals surface area (Å²) < 4.78 is 129. The third-order valence-corrected chi connectivity index (χ3v) is 27.8. The number of halogens is 6. The van der Waals surface area contributed by atoms with Crippen LogP contribution in [-0.4, -0.2) is 187 Å². The van der Waals surface area contributed by atoms with E-state index in [2.05, 4.69) is 126 Å². The number of aromatic nitrogens is 16. The maximum absolute atomic E-state index is 16.2. The quantitative estimate of drug-likeness (QED) is 0.0164.